The van der Waals surface area contributed by atoms with E-state index in [1.807, 2.05) is 0 Å². The van der Waals surface area contributed by atoms with Crippen LogP contribution >= 0.6 is 0 Å². The maximum absolute atomic E-state index is 6.20. The zero-order valence-corrected chi connectivity index (χ0v) is 13.8. The van der Waals surface area contributed by atoms with Crippen molar-refractivity contribution in [2.75, 3.05) is 27.2 Å². The summed E-state index contributed by atoms with van der Waals surface area (Å²) in [6, 6.07) is 6.48. The van der Waals surface area contributed by atoms with Crippen LogP contribution < -0.4 is 10.5 Å². The molecule has 3 heteroatoms. The maximum atomic E-state index is 6.20. The van der Waals surface area contributed by atoms with Crippen LogP contribution in [0.4, 0.5) is 0 Å². The van der Waals surface area contributed by atoms with Crippen LogP contribution in [0.25, 0.3) is 0 Å². The van der Waals surface area contributed by atoms with Crippen LogP contribution in [0.1, 0.15) is 43.7 Å². The second kappa shape index (κ2) is 7.28. The molecule has 0 amide bonds. The summed E-state index contributed by atoms with van der Waals surface area (Å²) in [5.74, 6) is 0.954. The van der Waals surface area contributed by atoms with Crippen LogP contribution in [0.15, 0.2) is 18.2 Å². The van der Waals surface area contributed by atoms with Gasteiger partial charge in [0.15, 0.2) is 0 Å². The van der Waals surface area contributed by atoms with Gasteiger partial charge >= 0.3 is 0 Å². The Morgan fingerprint density at radius 1 is 1.29 bits per heavy atom. The van der Waals surface area contributed by atoms with Crippen LogP contribution in [0.5, 0.6) is 5.75 Å². The van der Waals surface area contributed by atoms with E-state index >= 15 is 0 Å². The number of nitrogens with two attached hydrogens (primary N) is 1. The van der Waals surface area contributed by atoms with Gasteiger partial charge in [0.05, 0.1) is 7.11 Å². The summed E-state index contributed by atoms with van der Waals surface area (Å²) in [4.78, 5) is 2.51. The quantitative estimate of drug-likeness (QED) is 0.785. The van der Waals surface area contributed by atoms with Crippen LogP contribution in [0.2, 0.25) is 0 Å². The molecule has 1 aliphatic carbocycles. The molecule has 1 unspecified atom stereocenters. The first-order valence-electron chi connectivity index (χ1n) is 8.22. The minimum absolute atomic E-state index is 0.118. The Hall–Kier alpha value is -1.06. The number of unbranched alkanes of at least 4 members (excludes halogenated alkanes) is 2. The summed E-state index contributed by atoms with van der Waals surface area (Å²) in [6.45, 7) is 4.12. The number of hydrogen-bond acceptors (Lipinski definition) is 3. The lowest BCUT2D eigenvalue weighted by molar-refractivity contribution is 0.106. The largest absolute Gasteiger partial charge is 0.497 e. The van der Waals surface area contributed by atoms with Gasteiger partial charge in [-0.3, -0.25) is 4.90 Å². The second-order valence-corrected chi connectivity index (χ2v) is 6.37. The molecule has 1 aromatic carbocycles. The molecule has 0 heterocycles. The molecule has 2 rings (SSSR count). The van der Waals surface area contributed by atoms with Crippen molar-refractivity contribution in [1.29, 1.82) is 0 Å². The van der Waals surface area contributed by atoms with Crippen molar-refractivity contribution >= 4 is 0 Å². The van der Waals surface area contributed by atoms with Gasteiger partial charge in [0.1, 0.15) is 5.75 Å². The minimum atomic E-state index is 0.118. The van der Waals surface area contributed by atoms with Crippen LogP contribution in [0, 0.1) is 0 Å². The molecule has 0 saturated heterocycles. The molecule has 1 aromatic rings. The van der Waals surface area contributed by atoms with Gasteiger partial charge in [-0.15, -0.1) is 0 Å². The summed E-state index contributed by atoms with van der Waals surface area (Å²) in [5, 5.41) is 0. The minimum Gasteiger partial charge on any atom is -0.497 e. The SMILES string of the molecule is CCCCCN(C)C1(CN)CCc2ccc(OC)cc2C1. The Kier molecular flexibility index (Phi) is 5.65. The van der Waals surface area contributed by atoms with E-state index in [4.69, 9.17) is 10.5 Å². The predicted octanol–water partition coefficient (Wildman–Crippen LogP) is 3.00. The van der Waals surface area contributed by atoms with Gasteiger partial charge in [0.25, 0.3) is 0 Å². The molecular weight excluding hydrogens is 260 g/mol. The highest BCUT2D eigenvalue weighted by molar-refractivity contribution is 5.39. The van der Waals surface area contributed by atoms with Crippen molar-refractivity contribution in [3.05, 3.63) is 29.3 Å². The number of ether oxygens (including phenoxy) is 1. The maximum Gasteiger partial charge on any atom is 0.119 e. The Bertz CT molecular complexity index is 461. The van der Waals surface area contributed by atoms with E-state index in [0.717, 1.165) is 38.1 Å². The predicted molar refractivity (Wildman–Crippen MR) is 89.0 cm³/mol. The van der Waals surface area contributed by atoms with E-state index in [1.165, 1.54) is 30.4 Å². The number of fused-ring (bicyclic) bond motifs is 1. The molecule has 3 nitrogen and oxygen atoms in total. The zero-order valence-electron chi connectivity index (χ0n) is 13.8. The Labute approximate surface area is 129 Å². The molecule has 1 aliphatic rings. The van der Waals surface area contributed by atoms with E-state index in [0.29, 0.717) is 0 Å². The lowest BCUT2D eigenvalue weighted by Crippen LogP contribution is -2.55. The highest BCUT2D eigenvalue weighted by Gasteiger charge is 2.36. The average Bonchev–Trinajstić information content (AvgIpc) is 2.53. The average molecular weight is 290 g/mol. The standard InChI is InChI=1S/C18H30N2O/c1-4-5-6-11-20(2)18(14-19)10-9-15-7-8-17(21-3)12-16(15)13-18/h7-8,12H,4-6,9-11,13-14,19H2,1-3H3. The Balaban J connectivity index is 2.14. The number of benzene rings is 1. The molecule has 0 aliphatic heterocycles. The third-order valence-corrected chi connectivity index (χ3v) is 5.08. The van der Waals surface area contributed by atoms with Crippen molar-refractivity contribution < 1.29 is 4.74 Å². The number of aryl methyl sites for hydroxylation is 1. The summed E-state index contributed by atoms with van der Waals surface area (Å²) in [6.07, 6.45) is 7.15. The fourth-order valence-electron chi connectivity index (χ4n) is 3.44. The molecule has 2 N–H and O–H groups in total. The second-order valence-electron chi connectivity index (χ2n) is 6.37. The topological polar surface area (TPSA) is 38.5 Å². The van der Waals surface area contributed by atoms with Crippen molar-refractivity contribution in [3.63, 3.8) is 0 Å². The molecule has 0 aromatic heterocycles. The number of rotatable bonds is 7. The monoisotopic (exact) mass is 290 g/mol. The van der Waals surface area contributed by atoms with Gasteiger partial charge in [-0.2, -0.15) is 0 Å². The number of hydrogen-bond donors (Lipinski definition) is 1. The number of nitrogens with zero attached hydrogens (tertiary/aromatic N) is 1. The van der Waals surface area contributed by atoms with Crippen molar-refractivity contribution in [2.24, 2.45) is 5.73 Å². The summed E-state index contributed by atoms with van der Waals surface area (Å²) < 4.78 is 5.38. The summed E-state index contributed by atoms with van der Waals surface area (Å²) in [5.41, 5.74) is 9.19. The highest BCUT2D eigenvalue weighted by Crippen LogP contribution is 2.34. The van der Waals surface area contributed by atoms with Crippen LogP contribution in [-0.4, -0.2) is 37.7 Å². The Morgan fingerprint density at radius 2 is 2.10 bits per heavy atom. The molecule has 0 saturated carbocycles. The van der Waals surface area contributed by atoms with Gasteiger partial charge < -0.3 is 10.5 Å². The molecule has 0 radical (unpaired) electrons. The lowest BCUT2D eigenvalue weighted by Gasteiger charge is -2.45. The van der Waals surface area contributed by atoms with E-state index in [-0.39, 0.29) is 5.54 Å². The van der Waals surface area contributed by atoms with Crippen LogP contribution in [-0.2, 0) is 12.8 Å². The summed E-state index contributed by atoms with van der Waals surface area (Å²) in [7, 11) is 3.98. The molecule has 0 bridgehead atoms. The molecule has 0 fully saturated rings. The van der Waals surface area contributed by atoms with E-state index < -0.39 is 0 Å². The first-order chi connectivity index (χ1) is 10.1. The molecular formula is C18H30N2O. The van der Waals surface area contributed by atoms with E-state index in [9.17, 15) is 0 Å². The van der Waals surface area contributed by atoms with Gasteiger partial charge in [-0.25, -0.2) is 0 Å². The van der Waals surface area contributed by atoms with Gasteiger partial charge in [0, 0.05) is 12.1 Å². The Morgan fingerprint density at radius 3 is 2.76 bits per heavy atom. The highest BCUT2D eigenvalue weighted by atomic mass is 16.5. The van der Waals surface area contributed by atoms with Crippen molar-refractivity contribution in [3.8, 4) is 5.75 Å². The molecule has 0 spiro atoms. The lowest BCUT2D eigenvalue weighted by atomic mass is 9.76. The number of methoxy groups -OCH3 is 1. The fourth-order valence-corrected chi connectivity index (χ4v) is 3.44. The van der Waals surface area contributed by atoms with Gasteiger partial charge in [-0.05, 0) is 62.5 Å². The van der Waals surface area contributed by atoms with Crippen molar-refractivity contribution in [2.45, 2.75) is 51.0 Å². The van der Waals surface area contributed by atoms with E-state index in [2.05, 4.69) is 37.1 Å². The summed E-state index contributed by atoms with van der Waals surface area (Å²) >= 11 is 0. The zero-order chi connectivity index (χ0) is 15.3. The first kappa shape index (κ1) is 16.3. The normalized spacial score (nSPS) is 21.4. The third kappa shape index (κ3) is 3.58. The first-order valence-corrected chi connectivity index (χ1v) is 8.22. The van der Waals surface area contributed by atoms with Gasteiger partial charge in [-0.1, -0.05) is 25.8 Å². The molecule has 1 atom stereocenters. The van der Waals surface area contributed by atoms with E-state index in [1.54, 1.807) is 7.11 Å². The number of likely N-dealkylation sites (N-methyl/N-ethyl adjacent to an activating group) is 1. The third-order valence-electron chi connectivity index (χ3n) is 5.08. The molecule has 21 heavy (non-hydrogen) atoms. The van der Waals surface area contributed by atoms with Gasteiger partial charge in [0.2, 0.25) is 0 Å². The van der Waals surface area contributed by atoms with Crippen molar-refractivity contribution in [1.82, 2.24) is 4.90 Å². The van der Waals surface area contributed by atoms with Crippen LogP contribution in [0.3, 0.4) is 0 Å². The smallest absolute Gasteiger partial charge is 0.119 e. The molecule has 118 valence electrons. The fraction of sp³-hybridized carbons (Fsp3) is 0.667.